The van der Waals surface area contributed by atoms with Crippen LogP contribution in [-0.2, 0) is 0 Å². The Morgan fingerprint density at radius 3 is 2.70 bits per heavy atom. The van der Waals surface area contributed by atoms with Crippen molar-refractivity contribution >= 4 is 17.3 Å². The van der Waals surface area contributed by atoms with Crippen LogP contribution in [0.1, 0.15) is 39.4 Å². The van der Waals surface area contributed by atoms with E-state index in [0.717, 1.165) is 16.9 Å². The Bertz CT molecular complexity index is 674. The molecule has 0 aliphatic rings. The van der Waals surface area contributed by atoms with E-state index < -0.39 is 0 Å². The normalized spacial score (nSPS) is 12.3. The van der Waals surface area contributed by atoms with Crippen molar-refractivity contribution in [1.29, 1.82) is 0 Å². The molecule has 3 N–H and O–H groups in total. The summed E-state index contributed by atoms with van der Waals surface area (Å²) in [5.41, 5.74) is 9.11. The second-order valence-electron chi connectivity index (χ2n) is 5.63. The maximum Gasteiger partial charge on any atom is 0.222 e. The van der Waals surface area contributed by atoms with Crippen molar-refractivity contribution in [1.82, 2.24) is 9.97 Å². The fourth-order valence-electron chi connectivity index (χ4n) is 2.27. The van der Waals surface area contributed by atoms with Crippen molar-refractivity contribution in [2.24, 2.45) is 5.73 Å². The van der Waals surface area contributed by atoms with E-state index in [1.165, 1.54) is 0 Å². The summed E-state index contributed by atoms with van der Waals surface area (Å²) >= 11 is 6.48. The van der Waals surface area contributed by atoms with Gasteiger partial charge in [0.15, 0.2) is 0 Å². The van der Waals surface area contributed by atoms with E-state index in [0.29, 0.717) is 23.2 Å². The van der Waals surface area contributed by atoms with E-state index in [2.05, 4.69) is 10.3 Å². The maximum atomic E-state index is 6.48. The summed E-state index contributed by atoms with van der Waals surface area (Å²) in [6.45, 7) is 8.43. The van der Waals surface area contributed by atoms with Gasteiger partial charge in [-0.1, -0.05) is 11.6 Å². The molecule has 2 aromatic rings. The zero-order valence-corrected chi connectivity index (χ0v) is 14.7. The number of aromatic nitrogens is 2. The van der Waals surface area contributed by atoms with Crippen LogP contribution in [0.25, 0.3) is 11.3 Å². The summed E-state index contributed by atoms with van der Waals surface area (Å²) in [6.07, 6.45) is 1.69. The van der Waals surface area contributed by atoms with Gasteiger partial charge in [0.2, 0.25) is 5.88 Å². The molecule has 0 saturated heterocycles. The monoisotopic (exact) mass is 334 g/mol. The molecule has 0 bridgehead atoms. The average molecular weight is 335 g/mol. The summed E-state index contributed by atoms with van der Waals surface area (Å²) in [4.78, 5) is 8.97. The number of halogens is 1. The third-order valence-corrected chi connectivity index (χ3v) is 3.49. The first-order chi connectivity index (χ1) is 10.9. The lowest BCUT2D eigenvalue weighted by atomic mass is 10.1. The lowest BCUT2D eigenvalue weighted by molar-refractivity contribution is 0.328. The minimum Gasteiger partial charge on any atom is -0.477 e. The number of nitrogens with one attached hydrogen (secondary N) is 1. The van der Waals surface area contributed by atoms with Crippen molar-refractivity contribution in [3.63, 3.8) is 0 Å². The van der Waals surface area contributed by atoms with Crippen molar-refractivity contribution in [3.8, 4) is 17.1 Å². The molecule has 0 aromatic carbocycles. The number of hydrogen-bond donors (Lipinski definition) is 2. The predicted molar refractivity (Wildman–Crippen MR) is 95.0 cm³/mol. The highest BCUT2D eigenvalue weighted by Crippen LogP contribution is 2.35. The summed E-state index contributed by atoms with van der Waals surface area (Å²) in [5.74, 6) is 0.541. The Kier molecular flexibility index (Phi) is 5.80. The third-order valence-electron chi connectivity index (χ3n) is 3.19. The third kappa shape index (κ3) is 4.12. The molecule has 124 valence electrons. The fraction of sp³-hybridized carbons (Fsp3) is 0.412. The molecule has 0 amide bonds. The number of nitrogens with zero attached hydrogens (tertiary/aromatic N) is 2. The molecule has 0 aliphatic heterocycles. The molecular formula is C17H23ClN4O. The summed E-state index contributed by atoms with van der Waals surface area (Å²) in [5, 5.41) is 3.91. The quantitative estimate of drug-likeness (QED) is 0.834. The van der Waals surface area contributed by atoms with Crippen LogP contribution in [0.4, 0.5) is 5.69 Å². The van der Waals surface area contributed by atoms with Gasteiger partial charge >= 0.3 is 0 Å². The minimum absolute atomic E-state index is 0.232. The van der Waals surface area contributed by atoms with E-state index in [4.69, 9.17) is 27.1 Å². The molecule has 5 nitrogen and oxygen atoms in total. The standard InChI is InChI=1S/C17H23ClN4O/c1-5-23-17-12(7-6-8-20-17)14-9-13(18)16(21-10(2)3)15(22-14)11(4)19/h6-11,21H,5,19H2,1-4H3. The summed E-state index contributed by atoms with van der Waals surface area (Å²) in [6, 6.07) is 5.56. The molecule has 0 aliphatic carbocycles. The van der Waals surface area contributed by atoms with Crippen molar-refractivity contribution in [2.75, 3.05) is 11.9 Å². The van der Waals surface area contributed by atoms with Crippen molar-refractivity contribution in [2.45, 2.75) is 39.8 Å². The molecule has 1 atom stereocenters. The maximum absolute atomic E-state index is 6.48. The van der Waals surface area contributed by atoms with Gasteiger partial charge < -0.3 is 15.8 Å². The Hall–Kier alpha value is -1.85. The Morgan fingerprint density at radius 2 is 2.09 bits per heavy atom. The van der Waals surface area contributed by atoms with E-state index in [-0.39, 0.29) is 12.1 Å². The molecule has 23 heavy (non-hydrogen) atoms. The van der Waals surface area contributed by atoms with Crippen LogP contribution in [-0.4, -0.2) is 22.6 Å². The highest BCUT2D eigenvalue weighted by molar-refractivity contribution is 6.33. The van der Waals surface area contributed by atoms with Gasteiger partial charge in [0.05, 0.1) is 34.3 Å². The number of rotatable bonds is 6. The van der Waals surface area contributed by atoms with Crippen molar-refractivity contribution < 1.29 is 4.74 Å². The second-order valence-corrected chi connectivity index (χ2v) is 6.03. The molecule has 0 spiro atoms. The van der Waals surface area contributed by atoms with Crippen LogP contribution in [0.3, 0.4) is 0 Å². The van der Waals surface area contributed by atoms with Crippen LogP contribution >= 0.6 is 11.6 Å². The first-order valence-electron chi connectivity index (χ1n) is 7.74. The molecular weight excluding hydrogens is 312 g/mol. The first-order valence-corrected chi connectivity index (χ1v) is 8.12. The van der Waals surface area contributed by atoms with Gasteiger partial charge in [-0.05, 0) is 45.9 Å². The predicted octanol–water partition coefficient (Wildman–Crippen LogP) is 4.04. The van der Waals surface area contributed by atoms with Gasteiger partial charge in [-0.15, -0.1) is 0 Å². The van der Waals surface area contributed by atoms with E-state index >= 15 is 0 Å². The summed E-state index contributed by atoms with van der Waals surface area (Å²) in [7, 11) is 0. The smallest absolute Gasteiger partial charge is 0.222 e. The van der Waals surface area contributed by atoms with Crippen LogP contribution in [0.2, 0.25) is 5.02 Å². The van der Waals surface area contributed by atoms with Gasteiger partial charge in [0.25, 0.3) is 0 Å². The fourth-order valence-corrected chi connectivity index (χ4v) is 2.52. The number of nitrogens with two attached hydrogens (primary N) is 1. The zero-order chi connectivity index (χ0) is 17.0. The number of ether oxygens (including phenoxy) is 1. The van der Waals surface area contributed by atoms with Gasteiger partial charge in [0.1, 0.15) is 0 Å². The topological polar surface area (TPSA) is 73.1 Å². The van der Waals surface area contributed by atoms with Crippen LogP contribution in [0.5, 0.6) is 5.88 Å². The van der Waals surface area contributed by atoms with Gasteiger partial charge in [-0.3, -0.25) is 0 Å². The summed E-state index contributed by atoms with van der Waals surface area (Å²) < 4.78 is 5.59. The minimum atomic E-state index is -0.249. The molecule has 0 saturated carbocycles. The second kappa shape index (κ2) is 7.62. The molecule has 0 fully saturated rings. The van der Waals surface area contributed by atoms with E-state index in [9.17, 15) is 0 Å². The molecule has 2 heterocycles. The number of anilines is 1. The molecule has 1 unspecified atom stereocenters. The van der Waals surface area contributed by atoms with Gasteiger partial charge in [-0.2, -0.15) is 0 Å². The van der Waals surface area contributed by atoms with Gasteiger partial charge in [-0.25, -0.2) is 9.97 Å². The lowest BCUT2D eigenvalue weighted by Crippen LogP contribution is -2.17. The largest absolute Gasteiger partial charge is 0.477 e. The molecule has 0 radical (unpaired) electrons. The van der Waals surface area contributed by atoms with E-state index in [1.807, 2.05) is 45.9 Å². The highest BCUT2D eigenvalue weighted by Gasteiger charge is 2.18. The SMILES string of the molecule is CCOc1ncccc1-c1cc(Cl)c(NC(C)C)c(C(C)N)n1. The lowest BCUT2D eigenvalue weighted by Gasteiger charge is -2.19. The number of pyridine rings is 2. The van der Waals surface area contributed by atoms with Crippen LogP contribution < -0.4 is 15.8 Å². The van der Waals surface area contributed by atoms with Crippen LogP contribution in [0.15, 0.2) is 24.4 Å². The Labute approximate surface area is 142 Å². The molecule has 6 heteroatoms. The van der Waals surface area contributed by atoms with Crippen molar-refractivity contribution in [3.05, 3.63) is 35.1 Å². The van der Waals surface area contributed by atoms with Crippen LogP contribution in [0, 0.1) is 0 Å². The molecule has 2 rings (SSSR count). The Balaban J connectivity index is 2.57. The highest BCUT2D eigenvalue weighted by atomic mass is 35.5. The first kappa shape index (κ1) is 17.5. The molecule has 2 aromatic heterocycles. The zero-order valence-electron chi connectivity index (χ0n) is 13.9. The number of hydrogen-bond acceptors (Lipinski definition) is 5. The van der Waals surface area contributed by atoms with Gasteiger partial charge in [0, 0.05) is 18.3 Å². The Morgan fingerprint density at radius 1 is 1.35 bits per heavy atom. The average Bonchev–Trinajstić information content (AvgIpc) is 2.49. The van der Waals surface area contributed by atoms with E-state index in [1.54, 1.807) is 6.20 Å².